The highest BCUT2D eigenvalue weighted by atomic mass is 79.9. The van der Waals surface area contributed by atoms with Crippen LogP contribution in [0.4, 0.5) is 5.69 Å². The van der Waals surface area contributed by atoms with E-state index in [1.54, 1.807) is 60.8 Å². The van der Waals surface area contributed by atoms with Crippen molar-refractivity contribution in [3.63, 3.8) is 0 Å². The van der Waals surface area contributed by atoms with Crippen molar-refractivity contribution in [2.45, 2.75) is 4.90 Å². The Morgan fingerprint density at radius 2 is 1.70 bits per heavy atom. The second-order valence-electron chi connectivity index (χ2n) is 6.38. The number of nitrogens with one attached hydrogen (secondary N) is 1. The number of benzene rings is 3. The molecule has 0 spiro atoms. The van der Waals surface area contributed by atoms with E-state index < -0.39 is 10.0 Å². The summed E-state index contributed by atoms with van der Waals surface area (Å²) >= 11 is 3.35. The molecule has 0 aliphatic carbocycles. The maximum atomic E-state index is 12.9. The lowest BCUT2D eigenvalue weighted by molar-refractivity contribution is 0.103. The van der Waals surface area contributed by atoms with Crippen LogP contribution in [0, 0.1) is 0 Å². The van der Waals surface area contributed by atoms with Gasteiger partial charge in [-0.2, -0.15) is 0 Å². The number of hydrogen-bond acceptors (Lipinski definition) is 5. The van der Waals surface area contributed by atoms with Crippen LogP contribution >= 0.6 is 15.9 Å². The highest BCUT2D eigenvalue weighted by Crippen LogP contribution is 2.27. The molecule has 0 saturated heterocycles. The summed E-state index contributed by atoms with van der Waals surface area (Å²) < 4.78 is 34.3. The summed E-state index contributed by atoms with van der Waals surface area (Å²) in [5.74, 6) is 0.255. The van der Waals surface area contributed by atoms with E-state index in [0.717, 1.165) is 0 Å². The molecular weight excluding hydrogens is 468 g/mol. The van der Waals surface area contributed by atoms with E-state index in [-0.39, 0.29) is 21.9 Å². The summed E-state index contributed by atoms with van der Waals surface area (Å²) in [7, 11) is -3.91. The quantitative estimate of drug-likeness (QED) is 0.384. The van der Waals surface area contributed by atoms with Crippen molar-refractivity contribution in [2.24, 2.45) is 0 Å². The van der Waals surface area contributed by atoms with Crippen LogP contribution in [0.3, 0.4) is 0 Å². The maximum absolute atomic E-state index is 12.9. The van der Waals surface area contributed by atoms with E-state index in [2.05, 4.69) is 25.6 Å². The van der Waals surface area contributed by atoms with Gasteiger partial charge in [0, 0.05) is 21.2 Å². The molecule has 0 atom stereocenters. The minimum Gasteiger partial charge on any atom is -0.444 e. The summed E-state index contributed by atoms with van der Waals surface area (Å²) in [4.78, 5) is 16.9. The molecule has 4 rings (SSSR count). The third-order valence-corrected chi connectivity index (χ3v) is 6.26. The Balaban J connectivity index is 1.66. The number of aromatic nitrogens is 1. The largest absolute Gasteiger partial charge is 0.444 e. The summed E-state index contributed by atoms with van der Waals surface area (Å²) in [5, 5.41) is 0. The van der Waals surface area contributed by atoms with Crippen LogP contribution in [0.1, 0.15) is 15.9 Å². The predicted molar refractivity (Wildman–Crippen MR) is 117 cm³/mol. The first kappa shape index (κ1) is 20.1. The van der Waals surface area contributed by atoms with Crippen molar-refractivity contribution in [1.29, 1.82) is 0 Å². The number of anilines is 1. The zero-order valence-electron chi connectivity index (χ0n) is 15.4. The fraction of sp³-hybridized carbons (Fsp3) is 0. The van der Waals surface area contributed by atoms with Crippen molar-refractivity contribution in [2.75, 3.05) is 4.72 Å². The molecule has 1 aromatic heterocycles. The van der Waals surface area contributed by atoms with Crippen molar-refractivity contribution in [1.82, 2.24) is 4.98 Å². The standard InChI is InChI=1S/C22H15BrN2O4S/c23-17-8-11-20(19(12-17)22(26)16-4-2-1-3-5-16)25-30(27,28)18-9-6-15(7-10-18)21-13-24-14-29-21/h1-14,25H. The van der Waals surface area contributed by atoms with Crippen LogP contribution in [-0.2, 0) is 10.0 Å². The second-order valence-corrected chi connectivity index (χ2v) is 8.98. The number of sulfonamides is 1. The molecule has 1 heterocycles. The van der Waals surface area contributed by atoms with Gasteiger partial charge in [0.05, 0.1) is 16.8 Å². The topological polar surface area (TPSA) is 89.3 Å². The Morgan fingerprint density at radius 3 is 2.37 bits per heavy atom. The lowest BCUT2D eigenvalue weighted by atomic mass is 10.0. The molecule has 1 N–H and O–H groups in total. The molecule has 0 aliphatic rings. The Kier molecular flexibility index (Phi) is 5.52. The monoisotopic (exact) mass is 482 g/mol. The minimum atomic E-state index is -3.91. The molecule has 0 saturated carbocycles. The number of carbonyl (C=O) groups is 1. The molecule has 3 aromatic carbocycles. The zero-order chi connectivity index (χ0) is 21.1. The summed E-state index contributed by atoms with van der Waals surface area (Å²) in [6, 6.07) is 19.7. The molecule has 4 aromatic rings. The van der Waals surface area contributed by atoms with Gasteiger partial charge in [-0.15, -0.1) is 0 Å². The summed E-state index contributed by atoms with van der Waals surface area (Å²) in [6.45, 7) is 0. The van der Waals surface area contributed by atoms with E-state index in [1.165, 1.54) is 18.5 Å². The van der Waals surface area contributed by atoms with Crippen LogP contribution in [0.2, 0.25) is 0 Å². The van der Waals surface area contributed by atoms with E-state index in [1.807, 2.05) is 6.07 Å². The van der Waals surface area contributed by atoms with Gasteiger partial charge in [0.1, 0.15) is 0 Å². The van der Waals surface area contributed by atoms with Crippen LogP contribution in [0.5, 0.6) is 0 Å². The van der Waals surface area contributed by atoms with Crippen LogP contribution in [0.15, 0.2) is 99.2 Å². The van der Waals surface area contributed by atoms with E-state index >= 15 is 0 Å². The number of hydrogen-bond donors (Lipinski definition) is 1. The molecule has 0 radical (unpaired) electrons. The Hall–Kier alpha value is -3.23. The SMILES string of the molecule is O=C(c1ccccc1)c1cc(Br)ccc1NS(=O)(=O)c1ccc(-c2cnco2)cc1. The highest BCUT2D eigenvalue weighted by Gasteiger charge is 2.20. The van der Waals surface area contributed by atoms with Gasteiger partial charge in [-0.25, -0.2) is 13.4 Å². The Morgan fingerprint density at radius 1 is 0.967 bits per heavy atom. The fourth-order valence-corrected chi connectivity index (χ4v) is 4.34. The number of ketones is 1. The van der Waals surface area contributed by atoms with Crippen molar-refractivity contribution in [3.05, 3.63) is 101 Å². The number of carbonyl (C=O) groups excluding carboxylic acids is 1. The van der Waals surface area contributed by atoms with Crippen molar-refractivity contribution < 1.29 is 17.6 Å². The van der Waals surface area contributed by atoms with Gasteiger partial charge in [-0.05, 0) is 42.5 Å². The van der Waals surface area contributed by atoms with Crippen LogP contribution < -0.4 is 4.72 Å². The molecule has 0 unspecified atom stereocenters. The van der Waals surface area contributed by atoms with Gasteiger partial charge < -0.3 is 4.42 Å². The van der Waals surface area contributed by atoms with Gasteiger partial charge >= 0.3 is 0 Å². The molecule has 0 amide bonds. The average molecular weight is 483 g/mol. The average Bonchev–Trinajstić information content (AvgIpc) is 3.30. The first-order valence-electron chi connectivity index (χ1n) is 8.85. The van der Waals surface area contributed by atoms with E-state index in [9.17, 15) is 13.2 Å². The Labute approximate surface area is 181 Å². The molecule has 0 fully saturated rings. The van der Waals surface area contributed by atoms with Crippen LogP contribution in [-0.4, -0.2) is 19.2 Å². The highest BCUT2D eigenvalue weighted by molar-refractivity contribution is 9.10. The van der Waals surface area contributed by atoms with Crippen molar-refractivity contribution >= 4 is 37.4 Å². The summed E-state index contributed by atoms with van der Waals surface area (Å²) in [5.41, 5.74) is 1.62. The number of rotatable bonds is 6. The smallest absolute Gasteiger partial charge is 0.261 e. The van der Waals surface area contributed by atoms with E-state index in [4.69, 9.17) is 4.42 Å². The third-order valence-electron chi connectivity index (χ3n) is 4.39. The molecule has 150 valence electrons. The lowest BCUT2D eigenvalue weighted by Crippen LogP contribution is -2.16. The van der Waals surface area contributed by atoms with Gasteiger partial charge in [0.25, 0.3) is 10.0 Å². The van der Waals surface area contributed by atoms with Gasteiger partial charge in [-0.1, -0.05) is 46.3 Å². The molecule has 30 heavy (non-hydrogen) atoms. The lowest BCUT2D eigenvalue weighted by Gasteiger charge is -2.13. The normalized spacial score (nSPS) is 11.2. The number of oxazole rings is 1. The number of nitrogens with zero attached hydrogens (tertiary/aromatic N) is 1. The predicted octanol–water partition coefficient (Wildman–Crippen LogP) is 5.14. The molecular formula is C22H15BrN2O4S. The molecule has 8 heteroatoms. The van der Waals surface area contributed by atoms with Crippen molar-refractivity contribution in [3.8, 4) is 11.3 Å². The van der Waals surface area contributed by atoms with Gasteiger partial charge in [-0.3, -0.25) is 9.52 Å². The maximum Gasteiger partial charge on any atom is 0.261 e. The van der Waals surface area contributed by atoms with E-state index in [0.29, 0.717) is 21.4 Å². The third kappa shape index (κ3) is 4.19. The molecule has 0 bridgehead atoms. The molecule has 0 aliphatic heterocycles. The Bertz CT molecular complexity index is 1290. The first-order valence-corrected chi connectivity index (χ1v) is 11.1. The number of halogens is 1. The van der Waals surface area contributed by atoms with Gasteiger partial charge in [0.15, 0.2) is 17.9 Å². The summed E-state index contributed by atoms with van der Waals surface area (Å²) in [6.07, 6.45) is 2.85. The van der Waals surface area contributed by atoms with Crippen LogP contribution in [0.25, 0.3) is 11.3 Å². The second kappa shape index (κ2) is 8.25. The zero-order valence-corrected chi connectivity index (χ0v) is 17.9. The first-order chi connectivity index (χ1) is 14.4. The minimum absolute atomic E-state index is 0.0618. The molecule has 6 nitrogen and oxygen atoms in total. The van der Waals surface area contributed by atoms with Gasteiger partial charge in [0.2, 0.25) is 0 Å². The fourth-order valence-electron chi connectivity index (χ4n) is 2.90.